The molecule has 0 saturated heterocycles. The van der Waals surface area contributed by atoms with Crippen molar-refractivity contribution in [1.29, 1.82) is 0 Å². The molecule has 2 radical (unpaired) electrons. The molecule has 0 saturated carbocycles. The van der Waals surface area contributed by atoms with Gasteiger partial charge in [0.2, 0.25) is 0 Å². The van der Waals surface area contributed by atoms with E-state index in [9.17, 15) is 9.59 Å². The molecule has 0 aromatic rings. The van der Waals surface area contributed by atoms with Gasteiger partial charge in [0, 0.05) is 0 Å². The van der Waals surface area contributed by atoms with E-state index < -0.39 is 21.1 Å². The number of hydrogen-bond donors (Lipinski definition) is 1. The molecule has 0 unspecified atom stereocenters. The van der Waals surface area contributed by atoms with Gasteiger partial charge in [-0.2, -0.15) is 0 Å². The maximum atomic E-state index is 10.9. The zero-order chi connectivity index (χ0) is 9.40. The average molecular weight is 296 g/mol. The number of nitrogens with one attached hydrogen (secondary N) is 1. The minimum atomic E-state index is -1.09. The summed E-state index contributed by atoms with van der Waals surface area (Å²) in [5.41, 5.74) is 0. The van der Waals surface area contributed by atoms with Gasteiger partial charge in [-0.05, 0) is 0 Å². The van der Waals surface area contributed by atoms with Crippen molar-refractivity contribution in [3.05, 3.63) is 0 Å². The Morgan fingerprint density at radius 3 is 2.67 bits per heavy atom. The maximum absolute atomic E-state index is 10.9. The first-order chi connectivity index (χ1) is 5.70. The monoisotopic (exact) mass is 297 g/mol. The molecule has 0 spiro atoms. The molecule has 68 valence electrons. The van der Waals surface area contributed by atoms with Gasteiger partial charge in [0.1, 0.15) is 0 Å². The molecule has 1 amide bonds. The molecule has 0 aliphatic rings. The van der Waals surface area contributed by atoms with Gasteiger partial charge in [-0.3, -0.25) is 0 Å². The Kier molecular flexibility index (Phi) is 8.01. The topological polar surface area (TPSA) is 46.2 Å². The summed E-state index contributed by atoms with van der Waals surface area (Å²) < 4.78 is 0.713. The molecule has 0 rings (SSSR count). The summed E-state index contributed by atoms with van der Waals surface area (Å²) in [5.74, 6) is 0.149. The van der Waals surface area contributed by atoms with E-state index in [0.717, 1.165) is 6.42 Å². The molecular weight excluding hydrogens is 284 g/mol. The molecule has 12 heavy (non-hydrogen) atoms. The molecule has 0 aromatic heterocycles. The summed E-state index contributed by atoms with van der Waals surface area (Å²) in [6, 6.07) is 0. The fourth-order valence-electron chi connectivity index (χ4n) is 0.604. The van der Waals surface area contributed by atoms with Crippen molar-refractivity contribution in [2.24, 2.45) is 0 Å². The van der Waals surface area contributed by atoms with Gasteiger partial charge in [-0.1, -0.05) is 0 Å². The van der Waals surface area contributed by atoms with E-state index in [0.29, 0.717) is 11.0 Å². The normalized spacial score (nSPS) is 9.50. The number of carbonyl (C=O) groups is 2. The van der Waals surface area contributed by atoms with E-state index in [2.05, 4.69) is 5.32 Å². The first-order valence-electron chi connectivity index (χ1n) is 3.80. The van der Waals surface area contributed by atoms with E-state index in [1.54, 1.807) is 0 Å². The van der Waals surface area contributed by atoms with E-state index in [1.165, 1.54) is 0 Å². The molecule has 0 fully saturated rings. The van der Waals surface area contributed by atoms with Crippen molar-refractivity contribution < 1.29 is 9.59 Å². The quantitative estimate of drug-likeness (QED) is 0.567. The Labute approximate surface area is 87.5 Å². The molecular formula is C7H12ClNO2Sn. The SMILES string of the molecule is CCCC(=O)N[CH2][Sn][C](=O)CCl. The number of rotatable bonds is 6. The predicted molar refractivity (Wildman–Crippen MR) is 49.4 cm³/mol. The molecule has 0 aliphatic heterocycles. The van der Waals surface area contributed by atoms with Crippen molar-refractivity contribution >= 4 is 42.4 Å². The summed E-state index contributed by atoms with van der Waals surface area (Å²) in [6.45, 7) is 1.95. The van der Waals surface area contributed by atoms with Gasteiger partial charge < -0.3 is 0 Å². The molecule has 5 heteroatoms. The van der Waals surface area contributed by atoms with Crippen LogP contribution in [0.3, 0.4) is 0 Å². The van der Waals surface area contributed by atoms with Crippen molar-refractivity contribution in [2.75, 3.05) is 10.4 Å². The number of amides is 1. The second kappa shape index (κ2) is 7.86. The molecule has 0 aromatic carbocycles. The second-order valence-corrected chi connectivity index (χ2v) is 6.14. The summed E-state index contributed by atoms with van der Waals surface area (Å²) in [5, 5.41) is 2.71. The van der Waals surface area contributed by atoms with Crippen molar-refractivity contribution in [3.8, 4) is 0 Å². The van der Waals surface area contributed by atoms with Crippen LogP contribution in [0.4, 0.5) is 0 Å². The summed E-state index contributed by atoms with van der Waals surface area (Å²) in [4.78, 5) is 21.6. The van der Waals surface area contributed by atoms with Crippen LogP contribution in [0.1, 0.15) is 19.8 Å². The molecule has 1 N–H and O–H groups in total. The van der Waals surface area contributed by atoms with E-state index in [1.807, 2.05) is 6.92 Å². The minimum absolute atomic E-state index is 0.0424. The zero-order valence-electron chi connectivity index (χ0n) is 7.02. The van der Waals surface area contributed by atoms with Crippen LogP contribution in [0.2, 0.25) is 0 Å². The molecule has 0 aliphatic carbocycles. The third-order valence-corrected chi connectivity index (χ3v) is 4.69. The van der Waals surface area contributed by atoms with Crippen molar-refractivity contribution in [2.45, 2.75) is 19.8 Å². The van der Waals surface area contributed by atoms with Gasteiger partial charge >= 0.3 is 87.6 Å². The van der Waals surface area contributed by atoms with Gasteiger partial charge in [0.05, 0.1) is 0 Å². The number of carbonyl (C=O) groups excluding carboxylic acids is 2. The average Bonchev–Trinajstić information content (AvgIpc) is 2.04. The third kappa shape index (κ3) is 6.91. The van der Waals surface area contributed by atoms with Gasteiger partial charge in [0.25, 0.3) is 0 Å². The van der Waals surface area contributed by atoms with Crippen LogP contribution >= 0.6 is 11.6 Å². The standard InChI is InChI=1S/C5H10NO.C2H2ClO.Sn/c1-3-4-5(7)6-2;3-1-2-4;/h2-4H2,1H3,(H,6,7);1H2;. The van der Waals surface area contributed by atoms with Crippen LogP contribution in [-0.2, 0) is 9.59 Å². The van der Waals surface area contributed by atoms with Crippen molar-refractivity contribution in [3.63, 3.8) is 0 Å². The summed E-state index contributed by atoms with van der Waals surface area (Å²) >= 11 is 4.22. The zero-order valence-corrected chi connectivity index (χ0v) is 10.6. The van der Waals surface area contributed by atoms with Crippen LogP contribution in [0, 0.1) is 0 Å². The fraction of sp³-hybridized carbons (Fsp3) is 0.714. The Morgan fingerprint density at radius 1 is 1.50 bits per heavy atom. The van der Waals surface area contributed by atoms with Crippen LogP contribution in [0.5, 0.6) is 0 Å². The second-order valence-electron chi connectivity index (χ2n) is 2.26. The van der Waals surface area contributed by atoms with Crippen LogP contribution in [-0.4, -0.2) is 41.3 Å². The Hall–Kier alpha value is 0.229. The van der Waals surface area contributed by atoms with Crippen LogP contribution < -0.4 is 5.32 Å². The molecule has 0 bridgehead atoms. The van der Waals surface area contributed by atoms with Crippen LogP contribution in [0.15, 0.2) is 0 Å². The Morgan fingerprint density at radius 2 is 2.17 bits per heavy atom. The molecule has 0 heterocycles. The molecule has 0 atom stereocenters. The van der Waals surface area contributed by atoms with Crippen LogP contribution in [0.25, 0.3) is 0 Å². The Bertz CT molecular complexity index is 163. The van der Waals surface area contributed by atoms with Gasteiger partial charge in [-0.15, -0.1) is 0 Å². The number of halogens is 1. The Balaban J connectivity index is 3.30. The van der Waals surface area contributed by atoms with Crippen molar-refractivity contribution in [1.82, 2.24) is 5.32 Å². The third-order valence-electron chi connectivity index (χ3n) is 1.17. The first kappa shape index (κ1) is 12.2. The summed E-state index contributed by atoms with van der Waals surface area (Å²) in [7, 11) is 0. The fourth-order valence-corrected chi connectivity index (χ4v) is 2.89. The van der Waals surface area contributed by atoms with Gasteiger partial charge in [0.15, 0.2) is 0 Å². The number of hydrogen-bond acceptors (Lipinski definition) is 2. The van der Waals surface area contributed by atoms with Gasteiger partial charge in [-0.25, -0.2) is 0 Å². The van der Waals surface area contributed by atoms with E-state index in [-0.39, 0.29) is 15.6 Å². The predicted octanol–water partition coefficient (Wildman–Crippen LogP) is 0.330. The molecule has 3 nitrogen and oxygen atoms in total. The van der Waals surface area contributed by atoms with E-state index in [4.69, 9.17) is 11.6 Å². The summed E-state index contributed by atoms with van der Waals surface area (Å²) in [6.07, 6.45) is 1.40. The number of alkyl halides is 1. The van der Waals surface area contributed by atoms with E-state index >= 15 is 0 Å². The first-order valence-corrected chi connectivity index (χ1v) is 7.78.